The minimum atomic E-state index is -0.580. The summed E-state index contributed by atoms with van der Waals surface area (Å²) in [5.41, 5.74) is -0.580. The third kappa shape index (κ3) is 5.26. The van der Waals surface area contributed by atoms with Gasteiger partial charge in [0.25, 0.3) is 0 Å². The maximum Gasteiger partial charge on any atom is 0.326 e. The van der Waals surface area contributed by atoms with E-state index in [0.29, 0.717) is 12.6 Å². The Morgan fingerprint density at radius 1 is 1.43 bits per heavy atom. The zero-order chi connectivity index (χ0) is 15.9. The zero-order valence-corrected chi connectivity index (χ0v) is 14.6. The normalized spacial score (nSPS) is 24.3. The monoisotopic (exact) mass is 298 g/mol. The Hall–Kier alpha value is -0.610. The maximum atomic E-state index is 12.3. The van der Waals surface area contributed by atoms with E-state index < -0.39 is 5.54 Å². The molecule has 3 unspecified atom stereocenters. The van der Waals surface area contributed by atoms with Gasteiger partial charge in [-0.15, -0.1) is 0 Å². The summed E-state index contributed by atoms with van der Waals surface area (Å²) in [5, 5.41) is 3.34. The van der Waals surface area contributed by atoms with Gasteiger partial charge < -0.3 is 15.0 Å². The average molecular weight is 298 g/mol. The van der Waals surface area contributed by atoms with Gasteiger partial charge in [-0.3, -0.25) is 4.79 Å². The van der Waals surface area contributed by atoms with Crippen molar-refractivity contribution in [2.75, 3.05) is 26.2 Å². The number of rotatable bonds is 8. The van der Waals surface area contributed by atoms with E-state index in [0.717, 1.165) is 25.4 Å². The van der Waals surface area contributed by atoms with Gasteiger partial charge in [0.2, 0.25) is 0 Å². The molecule has 1 heterocycles. The number of carbonyl (C=O) groups is 1. The molecule has 1 N–H and O–H groups in total. The van der Waals surface area contributed by atoms with Crippen molar-refractivity contribution in [2.45, 2.75) is 71.9 Å². The van der Waals surface area contributed by atoms with E-state index in [-0.39, 0.29) is 5.97 Å². The summed E-state index contributed by atoms with van der Waals surface area (Å²) in [4.78, 5) is 14.8. The standard InChI is InChI=1S/C17H34N2O2/c1-6-15-10-9-11-19(13-15)14(4)12-17(5,18-7-2)16(20)21-8-3/h14-15,18H,6-13H2,1-5H3. The van der Waals surface area contributed by atoms with Crippen LogP contribution in [0.5, 0.6) is 0 Å². The van der Waals surface area contributed by atoms with Gasteiger partial charge in [0.15, 0.2) is 0 Å². The second kappa shape index (κ2) is 8.74. The van der Waals surface area contributed by atoms with Gasteiger partial charge in [-0.2, -0.15) is 0 Å². The first kappa shape index (κ1) is 18.4. The van der Waals surface area contributed by atoms with Crippen LogP contribution in [0, 0.1) is 5.92 Å². The maximum absolute atomic E-state index is 12.3. The fraction of sp³-hybridized carbons (Fsp3) is 0.941. The highest BCUT2D eigenvalue weighted by molar-refractivity contribution is 5.80. The Labute approximate surface area is 130 Å². The summed E-state index contributed by atoms with van der Waals surface area (Å²) < 4.78 is 5.27. The van der Waals surface area contributed by atoms with Crippen molar-refractivity contribution in [1.82, 2.24) is 10.2 Å². The summed E-state index contributed by atoms with van der Waals surface area (Å²) in [6.45, 7) is 13.9. The van der Waals surface area contributed by atoms with E-state index in [9.17, 15) is 4.79 Å². The van der Waals surface area contributed by atoms with E-state index >= 15 is 0 Å². The number of likely N-dealkylation sites (N-methyl/N-ethyl adjacent to an activating group) is 1. The molecule has 0 bridgehead atoms. The molecule has 124 valence electrons. The molecule has 3 atom stereocenters. The number of hydrogen-bond acceptors (Lipinski definition) is 4. The lowest BCUT2D eigenvalue weighted by atomic mass is 9.89. The molecule has 4 nitrogen and oxygen atoms in total. The largest absolute Gasteiger partial charge is 0.465 e. The lowest BCUT2D eigenvalue weighted by Crippen LogP contribution is -2.55. The SMILES string of the molecule is CCNC(C)(CC(C)N1CCCC(CC)C1)C(=O)OCC. The molecule has 0 radical (unpaired) electrons. The van der Waals surface area contributed by atoms with E-state index in [1.54, 1.807) is 0 Å². The number of likely N-dealkylation sites (tertiary alicyclic amines) is 1. The van der Waals surface area contributed by atoms with Gasteiger partial charge >= 0.3 is 5.97 Å². The summed E-state index contributed by atoms with van der Waals surface area (Å²) in [6.07, 6.45) is 4.68. The molecule has 0 spiro atoms. The number of piperidine rings is 1. The van der Waals surface area contributed by atoms with Crippen LogP contribution in [0.15, 0.2) is 0 Å². The molecular formula is C17H34N2O2. The molecule has 1 aliphatic rings. The van der Waals surface area contributed by atoms with Crippen LogP contribution in [0.2, 0.25) is 0 Å². The van der Waals surface area contributed by atoms with E-state index in [4.69, 9.17) is 4.74 Å². The number of esters is 1. The molecule has 0 aromatic carbocycles. The number of nitrogens with zero attached hydrogens (tertiary/aromatic N) is 1. The van der Waals surface area contributed by atoms with Crippen LogP contribution in [-0.2, 0) is 9.53 Å². The van der Waals surface area contributed by atoms with Gasteiger partial charge in [0, 0.05) is 12.6 Å². The van der Waals surface area contributed by atoms with Crippen molar-refractivity contribution in [3.8, 4) is 0 Å². The van der Waals surface area contributed by atoms with Gasteiger partial charge in [-0.1, -0.05) is 20.3 Å². The Kier molecular flexibility index (Phi) is 7.67. The van der Waals surface area contributed by atoms with Crippen LogP contribution < -0.4 is 5.32 Å². The van der Waals surface area contributed by atoms with Crippen LogP contribution in [0.25, 0.3) is 0 Å². The van der Waals surface area contributed by atoms with Crippen molar-refractivity contribution in [3.63, 3.8) is 0 Å². The molecule has 1 saturated heterocycles. The van der Waals surface area contributed by atoms with Gasteiger partial charge in [-0.05, 0) is 59.0 Å². The molecular weight excluding hydrogens is 264 g/mol. The Bertz CT molecular complexity index is 322. The summed E-state index contributed by atoms with van der Waals surface area (Å²) >= 11 is 0. The van der Waals surface area contributed by atoms with Gasteiger partial charge in [0.1, 0.15) is 5.54 Å². The van der Waals surface area contributed by atoms with E-state index in [1.165, 1.54) is 25.8 Å². The Balaban J connectivity index is 2.66. The second-order valence-corrected chi connectivity index (χ2v) is 6.55. The second-order valence-electron chi connectivity index (χ2n) is 6.55. The molecule has 0 saturated carbocycles. The number of ether oxygens (including phenoxy) is 1. The average Bonchev–Trinajstić information content (AvgIpc) is 2.47. The fourth-order valence-corrected chi connectivity index (χ4v) is 3.46. The quantitative estimate of drug-likeness (QED) is 0.700. The smallest absolute Gasteiger partial charge is 0.326 e. The molecule has 0 amide bonds. The van der Waals surface area contributed by atoms with Crippen molar-refractivity contribution in [2.24, 2.45) is 5.92 Å². The highest BCUT2D eigenvalue weighted by atomic mass is 16.5. The molecule has 1 fully saturated rings. The number of nitrogens with one attached hydrogen (secondary N) is 1. The molecule has 0 aliphatic carbocycles. The molecule has 0 aromatic heterocycles. The summed E-state index contributed by atoms with van der Waals surface area (Å²) in [7, 11) is 0. The summed E-state index contributed by atoms with van der Waals surface area (Å²) in [6, 6.07) is 0.396. The van der Waals surface area contributed by atoms with Crippen LogP contribution in [0.1, 0.15) is 60.3 Å². The van der Waals surface area contributed by atoms with E-state index in [1.807, 2.05) is 20.8 Å². The molecule has 21 heavy (non-hydrogen) atoms. The first-order valence-corrected chi connectivity index (χ1v) is 8.63. The number of hydrogen-bond donors (Lipinski definition) is 1. The zero-order valence-electron chi connectivity index (χ0n) is 14.6. The lowest BCUT2D eigenvalue weighted by Gasteiger charge is -2.40. The summed E-state index contributed by atoms with van der Waals surface area (Å²) in [5.74, 6) is 0.692. The van der Waals surface area contributed by atoms with Crippen LogP contribution >= 0.6 is 0 Å². The van der Waals surface area contributed by atoms with Gasteiger partial charge in [-0.25, -0.2) is 0 Å². The van der Waals surface area contributed by atoms with Crippen molar-refractivity contribution in [3.05, 3.63) is 0 Å². The lowest BCUT2D eigenvalue weighted by molar-refractivity contribution is -0.151. The molecule has 1 aliphatic heterocycles. The highest BCUT2D eigenvalue weighted by Crippen LogP contribution is 2.25. The first-order chi connectivity index (χ1) is 9.96. The highest BCUT2D eigenvalue weighted by Gasteiger charge is 2.37. The Morgan fingerprint density at radius 3 is 2.71 bits per heavy atom. The predicted octanol–water partition coefficient (Wildman–Crippen LogP) is 2.82. The molecule has 4 heteroatoms. The van der Waals surface area contributed by atoms with Crippen LogP contribution in [0.4, 0.5) is 0 Å². The van der Waals surface area contributed by atoms with Crippen molar-refractivity contribution >= 4 is 5.97 Å². The third-order valence-electron chi connectivity index (χ3n) is 4.75. The predicted molar refractivity (Wildman–Crippen MR) is 87.4 cm³/mol. The molecule has 1 rings (SSSR count). The number of carbonyl (C=O) groups excluding carboxylic acids is 1. The van der Waals surface area contributed by atoms with Gasteiger partial charge in [0.05, 0.1) is 6.61 Å². The van der Waals surface area contributed by atoms with Crippen LogP contribution in [-0.4, -0.2) is 48.7 Å². The molecule has 0 aromatic rings. The topological polar surface area (TPSA) is 41.6 Å². The third-order valence-corrected chi connectivity index (χ3v) is 4.75. The van der Waals surface area contributed by atoms with Crippen molar-refractivity contribution in [1.29, 1.82) is 0 Å². The first-order valence-electron chi connectivity index (χ1n) is 8.63. The van der Waals surface area contributed by atoms with E-state index in [2.05, 4.69) is 24.1 Å². The Morgan fingerprint density at radius 2 is 2.14 bits per heavy atom. The van der Waals surface area contributed by atoms with Crippen LogP contribution in [0.3, 0.4) is 0 Å². The minimum Gasteiger partial charge on any atom is -0.465 e. The fourth-order valence-electron chi connectivity index (χ4n) is 3.46. The minimum absolute atomic E-state index is 0.122. The van der Waals surface area contributed by atoms with Crippen molar-refractivity contribution < 1.29 is 9.53 Å².